The molecule has 3 aromatic heterocycles. The Kier molecular flexibility index (Phi) is 2.19. The summed E-state index contributed by atoms with van der Waals surface area (Å²) in [6.45, 7) is 0. The fourth-order valence-electron chi connectivity index (χ4n) is 1.80. The number of nitrogens with zero attached hydrogens (tertiary/aromatic N) is 2. The Hall–Kier alpha value is -2.49. The van der Waals surface area contributed by atoms with Gasteiger partial charge in [-0.3, -0.25) is 9.78 Å². The molecular weight excluding hydrogens is 214 g/mol. The van der Waals surface area contributed by atoms with E-state index in [1.165, 1.54) is 0 Å². The Morgan fingerprint density at radius 2 is 2.06 bits per heavy atom. The molecule has 3 heterocycles. The second-order valence-corrected chi connectivity index (χ2v) is 3.67. The van der Waals surface area contributed by atoms with Crippen LogP contribution in [0.3, 0.4) is 0 Å². The molecule has 0 unspecified atom stereocenters. The van der Waals surface area contributed by atoms with E-state index in [-0.39, 0.29) is 5.78 Å². The van der Waals surface area contributed by atoms with Crippen molar-refractivity contribution in [3.05, 3.63) is 60.2 Å². The number of carbonyl (C=O) groups is 1. The second kappa shape index (κ2) is 3.83. The van der Waals surface area contributed by atoms with Crippen molar-refractivity contribution in [3.8, 4) is 0 Å². The number of aromatic nitrogens is 3. The predicted molar refractivity (Wildman–Crippen MR) is 63.8 cm³/mol. The number of hydrogen-bond donors (Lipinski definition) is 1. The highest BCUT2D eigenvalue weighted by atomic mass is 16.1. The lowest BCUT2D eigenvalue weighted by atomic mass is 10.1. The molecule has 17 heavy (non-hydrogen) atoms. The molecule has 3 aromatic rings. The number of aromatic amines is 1. The molecule has 0 aromatic carbocycles. The standard InChI is InChI=1S/C13H9N3O/c17-12(9-3-1-5-14-7-9)11-8-16-13-10(11)4-2-6-15-13/h1-8H,(H,15,16). The van der Waals surface area contributed by atoms with Gasteiger partial charge in [-0.05, 0) is 24.3 Å². The zero-order valence-electron chi connectivity index (χ0n) is 8.92. The first-order valence-electron chi connectivity index (χ1n) is 5.23. The van der Waals surface area contributed by atoms with Crippen LogP contribution in [0.1, 0.15) is 15.9 Å². The second-order valence-electron chi connectivity index (χ2n) is 3.67. The number of H-pyrrole nitrogens is 1. The molecule has 4 heteroatoms. The Labute approximate surface area is 97.3 Å². The van der Waals surface area contributed by atoms with Gasteiger partial charge in [-0.2, -0.15) is 0 Å². The SMILES string of the molecule is O=C(c1cccnc1)c1c[nH]c2ncccc12. The van der Waals surface area contributed by atoms with Crippen molar-refractivity contribution < 1.29 is 4.79 Å². The van der Waals surface area contributed by atoms with E-state index in [1.807, 2.05) is 12.1 Å². The van der Waals surface area contributed by atoms with Gasteiger partial charge in [-0.15, -0.1) is 0 Å². The third-order valence-electron chi connectivity index (χ3n) is 2.62. The van der Waals surface area contributed by atoms with Gasteiger partial charge in [0.2, 0.25) is 0 Å². The number of carbonyl (C=O) groups excluding carboxylic acids is 1. The van der Waals surface area contributed by atoms with Crippen LogP contribution in [0, 0.1) is 0 Å². The van der Waals surface area contributed by atoms with Crippen LogP contribution in [-0.2, 0) is 0 Å². The summed E-state index contributed by atoms with van der Waals surface area (Å²) in [5, 5.41) is 0.835. The van der Waals surface area contributed by atoms with Crippen LogP contribution >= 0.6 is 0 Å². The summed E-state index contributed by atoms with van der Waals surface area (Å²) in [5.41, 5.74) is 1.93. The van der Waals surface area contributed by atoms with E-state index in [0.29, 0.717) is 11.1 Å². The number of ketones is 1. The van der Waals surface area contributed by atoms with Crippen LogP contribution in [0.25, 0.3) is 11.0 Å². The van der Waals surface area contributed by atoms with E-state index in [4.69, 9.17) is 0 Å². The largest absolute Gasteiger partial charge is 0.345 e. The lowest BCUT2D eigenvalue weighted by molar-refractivity contribution is 0.104. The smallest absolute Gasteiger partial charge is 0.196 e. The van der Waals surface area contributed by atoms with Gasteiger partial charge >= 0.3 is 0 Å². The maximum Gasteiger partial charge on any atom is 0.196 e. The summed E-state index contributed by atoms with van der Waals surface area (Å²) in [4.78, 5) is 23.3. The molecule has 3 rings (SSSR count). The molecule has 0 radical (unpaired) electrons. The zero-order valence-corrected chi connectivity index (χ0v) is 8.92. The van der Waals surface area contributed by atoms with Gasteiger partial charge in [0.25, 0.3) is 0 Å². The average molecular weight is 223 g/mol. The normalized spacial score (nSPS) is 10.6. The Balaban J connectivity index is 2.14. The molecule has 0 amide bonds. The maximum atomic E-state index is 12.2. The molecule has 0 atom stereocenters. The molecule has 4 nitrogen and oxygen atoms in total. The maximum absolute atomic E-state index is 12.2. The summed E-state index contributed by atoms with van der Waals surface area (Å²) < 4.78 is 0. The van der Waals surface area contributed by atoms with Gasteiger partial charge in [0.05, 0.1) is 0 Å². The van der Waals surface area contributed by atoms with Gasteiger partial charge in [-0.25, -0.2) is 4.98 Å². The number of pyridine rings is 2. The van der Waals surface area contributed by atoms with Crippen molar-refractivity contribution in [2.24, 2.45) is 0 Å². The third kappa shape index (κ3) is 1.59. The molecule has 0 aliphatic carbocycles. The van der Waals surface area contributed by atoms with E-state index < -0.39 is 0 Å². The molecule has 0 saturated heterocycles. The van der Waals surface area contributed by atoms with E-state index in [0.717, 1.165) is 11.0 Å². The molecule has 0 aliphatic heterocycles. The Morgan fingerprint density at radius 3 is 2.88 bits per heavy atom. The van der Waals surface area contributed by atoms with Crippen LogP contribution in [0.5, 0.6) is 0 Å². The van der Waals surface area contributed by atoms with E-state index in [1.54, 1.807) is 36.9 Å². The first-order chi connectivity index (χ1) is 8.36. The Bertz CT molecular complexity index is 673. The Morgan fingerprint density at radius 1 is 1.18 bits per heavy atom. The van der Waals surface area contributed by atoms with Crippen molar-refractivity contribution in [1.29, 1.82) is 0 Å². The van der Waals surface area contributed by atoms with Gasteiger partial charge in [-0.1, -0.05) is 0 Å². The summed E-state index contributed by atoms with van der Waals surface area (Å²) in [7, 11) is 0. The minimum Gasteiger partial charge on any atom is -0.345 e. The van der Waals surface area contributed by atoms with Crippen molar-refractivity contribution in [1.82, 2.24) is 15.0 Å². The van der Waals surface area contributed by atoms with Crippen LogP contribution < -0.4 is 0 Å². The van der Waals surface area contributed by atoms with Crippen molar-refractivity contribution in [3.63, 3.8) is 0 Å². The molecule has 0 fully saturated rings. The average Bonchev–Trinajstić information content (AvgIpc) is 2.83. The lowest BCUT2D eigenvalue weighted by Crippen LogP contribution is -2.00. The summed E-state index contributed by atoms with van der Waals surface area (Å²) in [5.74, 6) is -0.0441. The highest BCUT2D eigenvalue weighted by Gasteiger charge is 2.14. The molecule has 0 saturated carbocycles. The van der Waals surface area contributed by atoms with Crippen molar-refractivity contribution >= 4 is 16.8 Å². The van der Waals surface area contributed by atoms with E-state index in [2.05, 4.69) is 15.0 Å². The molecule has 82 valence electrons. The van der Waals surface area contributed by atoms with Gasteiger partial charge in [0.15, 0.2) is 5.78 Å². The van der Waals surface area contributed by atoms with Gasteiger partial charge < -0.3 is 4.98 Å². The van der Waals surface area contributed by atoms with Crippen molar-refractivity contribution in [2.45, 2.75) is 0 Å². The van der Waals surface area contributed by atoms with Gasteiger partial charge in [0.1, 0.15) is 5.65 Å². The first-order valence-corrected chi connectivity index (χ1v) is 5.23. The predicted octanol–water partition coefficient (Wildman–Crippen LogP) is 2.19. The first kappa shape index (κ1) is 9.72. The van der Waals surface area contributed by atoms with Crippen LogP contribution in [-0.4, -0.2) is 20.7 Å². The molecule has 0 spiro atoms. The molecule has 0 aliphatic rings. The van der Waals surface area contributed by atoms with E-state index >= 15 is 0 Å². The molecular formula is C13H9N3O. The highest BCUT2D eigenvalue weighted by Crippen LogP contribution is 2.18. The number of rotatable bonds is 2. The minimum atomic E-state index is -0.0441. The monoisotopic (exact) mass is 223 g/mol. The van der Waals surface area contributed by atoms with Gasteiger partial charge in [0, 0.05) is 41.3 Å². The van der Waals surface area contributed by atoms with E-state index in [9.17, 15) is 4.79 Å². The quantitative estimate of drug-likeness (QED) is 0.677. The van der Waals surface area contributed by atoms with Crippen LogP contribution in [0.15, 0.2) is 49.1 Å². The summed E-state index contributed by atoms with van der Waals surface area (Å²) in [6, 6.07) is 7.20. The number of hydrogen-bond acceptors (Lipinski definition) is 3. The third-order valence-corrected chi connectivity index (χ3v) is 2.62. The molecule has 0 bridgehead atoms. The highest BCUT2D eigenvalue weighted by molar-refractivity contribution is 6.15. The minimum absolute atomic E-state index is 0.0441. The van der Waals surface area contributed by atoms with Crippen LogP contribution in [0.2, 0.25) is 0 Å². The zero-order chi connectivity index (χ0) is 11.7. The topological polar surface area (TPSA) is 58.6 Å². The van der Waals surface area contributed by atoms with Crippen molar-refractivity contribution in [2.75, 3.05) is 0 Å². The fraction of sp³-hybridized carbons (Fsp3) is 0. The number of nitrogens with one attached hydrogen (secondary N) is 1. The fourth-order valence-corrected chi connectivity index (χ4v) is 1.80. The molecule has 1 N–H and O–H groups in total. The lowest BCUT2D eigenvalue weighted by Gasteiger charge is -1.97. The summed E-state index contributed by atoms with van der Waals surface area (Å²) >= 11 is 0. The number of fused-ring (bicyclic) bond motifs is 1. The summed E-state index contributed by atoms with van der Waals surface area (Å²) in [6.07, 6.45) is 6.59. The van der Waals surface area contributed by atoms with Crippen LogP contribution in [0.4, 0.5) is 0 Å².